The van der Waals surface area contributed by atoms with Crippen molar-refractivity contribution in [3.05, 3.63) is 0 Å². The van der Waals surface area contributed by atoms with Crippen molar-refractivity contribution in [1.29, 1.82) is 0 Å². The molecule has 10 amide bonds. The summed E-state index contributed by atoms with van der Waals surface area (Å²) in [6.45, 7) is -0.185. The van der Waals surface area contributed by atoms with E-state index < -0.39 is 73.1 Å². The van der Waals surface area contributed by atoms with Crippen LogP contribution in [-0.2, 0) is 14.4 Å². The summed E-state index contributed by atoms with van der Waals surface area (Å²) in [5, 5.41) is 42.8. The SMILES string of the molecule is CCCCCCCCCC(=O)O.O=C(NCNC(=O)NC1(CO)NC(=O)NC1=O)NC1(CO)NC(=O)NC1=O. The zero-order valence-corrected chi connectivity index (χ0v) is 21.5. The molecule has 2 atom stereocenters. The fraction of sp³-hybridized carbons (Fsp3) is 0.667. The van der Waals surface area contributed by atoms with Crippen molar-refractivity contribution in [1.82, 2.24) is 42.5 Å². The van der Waals surface area contributed by atoms with Gasteiger partial charge in [0.05, 0.1) is 19.9 Å². The molecule has 0 radical (unpaired) electrons. The normalized spacial score (nSPS) is 21.4. The fourth-order valence-corrected chi connectivity index (χ4v) is 3.38. The van der Waals surface area contributed by atoms with Crippen LogP contribution in [0.25, 0.3) is 0 Å². The van der Waals surface area contributed by atoms with Gasteiger partial charge in [-0.05, 0) is 6.42 Å². The Bertz CT molecular complexity index is 874. The maximum Gasteiger partial charge on any atom is 0.323 e. The van der Waals surface area contributed by atoms with E-state index in [4.69, 9.17) is 5.11 Å². The van der Waals surface area contributed by atoms with Crippen LogP contribution in [0, 0.1) is 0 Å². The molecular formula is C21H36N8O10. The Balaban J connectivity index is 0.000000534. The molecule has 220 valence electrons. The van der Waals surface area contributed by atoms with Gasteiger partial charge in [0.2, 0.25) is 11.3 Å². The van der Waals surface area contributed by atoms with Gasteiger partial charge in [0, 0.05) is 6.42 Å². The van der Waals surface area contributed by atoms with Crippen LogP contribution < -0.4 is 42.5 Å². The molecule has 11 N–H and O–H groups in total. The third-order valence-corrected chi connectivity index (χ3v) is 5.50. The summed E-state index contributed by atoms with van der Waals surface area (Å²) in [5.74, 6) is -2.63. The van der Waals surface area contributed by atoms with Gasteiger partial charge in [-0.1, -0.05) is 45.4 Å². The summed E-state index contributed by atoms with van der Waals surface area (Å²) in [5.41, 5.74) is -4.12. The van der Waals surface area contributed by atoms with Gasteiger partial charge in [-0.25, -0.2) is 19.2 Å². The summed E-state index contributed by atoms with van der Waals surface area (Å²) in [7, 11) is 0. The number of hydrogen-bond donors (Lipinski definition) is 11. The maximum atomic E-state index is 11.8. The molecule has 39 heavy (non-hydrogen) atoms. The van der Waals surface area contributed by atoms with Crippen molar-refractivity contribution in [2.75, 3.05) is 19.9 Å². The molecule has 2 unspecified atom stereocenters. The van der Waals surface area contributed by atoms with Crippen LogP contribution in [0.3, 0.4) is 0 Å². The average Bonchev–Trinajstić information content (AvgIpc) is 3.31. The Labute approximate surface area is 223 Å². The fourth-order valence-electron chi connectivity index (χ4n) is 3.38. The number of hydrogen-bond acceptors (Lipinski definition) is 9. The number of carbonyl (C=O) groups is 7. The monoisotopic (exact) mass is 560 g/mol. The van der Waals surface area contributed by atoms with E-state index in [0.29, 0.717) is 6.42 Å². The summed E-state index contributed by atoms with van der Waals surface area (Å²) < 4.78 is 0. The van der Waals surface area contributed by atoms with Gasteiger partial charge in [-0.3, -0.25) is 25.0 Å². The Hall–Kier alpha value is -4.19. The minimum absolute atomic E-state index is 0.341. The highest BCUT2D eigenvalue weighted by atomic mass is 16.4. The van der Waals surface area contributed by atoms with Crippen molar-refractivity contribution in [2.24, 2.45) is 0 Å². The molecule has 2 heterocycles. The number of unbranched alkanes of at least 4 members (excludes halogenated alkanes) is 6. The van der Waals surface area contributed by atoms with Gasteiger partial charge in [-0.15, -0.1) is 0 Å². The van der Waals surface area contributed by atoms with E-state index in [-0.39, 0.29) is 0 Å². The van der Waals surface area contributed by atoms with Gasteiger partial charge < -0.3 is 47.2 Å². The molecule has 2 aliphatic rings. The van der Waals surface area contributed by atoms with Crippen molar-refractivity contribution in [3.63, 3.8) is 0 Å². The summed E-state index contributed by atoms with van der Waals surface area (Å²) in [6.07, 6.45) is 8.64. The summed E-state index contributed by atoms with van der Waals surface area (Å²) in [4.78, 5) is 79.1. The molecule has 0 spiro atoms. The Morgan fingerprint density at radius 1 is 0.718 bits per heavy atom. The quantitative estimate of drug-likeness (QED) is 0.0620. The lowest BCUT2D eigenvalue weighted by Crippen LogP contribution is -2.66. The van der Waals surface area contributed by atoms with Crippen LogP contribution >= 0.6 is 0 Å². The zero-order valence-electron chi connectivity index (χ0n) is 21.5. The van der Waals surface area contributed by atoms with Gasteiger partial charge >= 0.3 is 30.1 Å². The number of carboxylic acids is 1. The second-order valence-corrected chi connectivity index (χ2v) is 8.65. The van der Waals surface area contributed by atoms with Crippen molar-refractivity contribution in [3.8, 4) is 0 Å². The van der Waals surface area contributed by atoms with Gasteiger partial charge in [-0.2, -0.15) is 0 Å². The average molecular weight is 561 g/mol. The number of imide groups is 2. The molecule has 0 aromatic carbocycles. The molecule has 2 rings (SSSR count). The number of aliphatic hydroxyl groups is 2. The highest BCUT2D eigenvalue weighted by Gasteiger charge is 2.48. The molecule has 2 saturated heterocycles. The predicted octanol–water partition coefficient (Wildman–Crippen LogP) is -2.19. The van der Waals surface area contributed by atoms with E-state index in [1.165, 1.54) is 32.1 Å². The van der Waals surface area contributed by atoms with E-state index in [1.807, 2.05) is 31.9 Å². The number of nitrogens with one attached hydrogen (secondary N) is 8. The Kier molecular flexibility index (Phi) is 13.4. The topological polar surface area (TPSA) is 276 Å². The van der Waals surface area contributed by atoms with Crippen LogP contribution in [0.1, 0.15) is 58.3 Å². The van der Waals surface area contributed by atoms with Crippen LogP contribution in [-0.4, -0.2) is 88.4 Å². The molecule has 2 fully saturated rings. The third kappa shape index (κ3) is 10.6. The molecule has 0 aliphatic carbocycles. The maximum absolute atomic E-state index is 11.8. The van der Waals surface area contributed by atoms with E-state index in [9.17, 15) is 43.8 Å². The minimum Gasteiger partial charge on any atom is -0.481 e. The van der Waals surface area contributed by atoms with Gasteiger partial charge in [0.15, 0.2) is 0 Å². The number of rotatable bonds is 14. The second-order valence-electron chi connectivity index (χ2n) is 8.65. The third-order valence-electron chi connectivity index (χ3n) is 5.50. The first-order valence-corrected chi connectivity index (χ1v) is 12.3. The van der Waals surface area contributed by atoms with Gasteiger partial charge in [0.25, 0.3) is 11.8 Å². The number of aliphatic carboxylic acids is 1. The second kappa shape index (κ2) is 15.9. The molecule has 18 heteroatoms. The first-order valence-electron chi connectivity index (χ1n) is 12.3. The van der Waals surface area contributed by atoms with Crippen LogP contribution in [0.5, 0.6) is 0 Å². The minimum atomic E-state index is -2.06. The largest absolute Gasteiger partial charge is 0.481 e. The number of carbonyl (C=O) groups excluding carboxylic acids is 6. The highest BCUT2D eigenvalue weighted by Crippen LogP contribution is 2.08. The lowest BCUT2D eigenvalue weighted by atomic mass is 10.1. The zero-order chi connectivity index (χ0) is 29.5. The van der Waals surface area contributed by atoms with Crippen LogP contribution in [0.15, 0.2) is 0 Å². The van der Waals surface area contributed by atoms with Crippen molar-refractivity contribution < 1.29 is 48.9 Å². The Morgan fingerprint density at radius 3 is 1.46 bits per heavy atom. The molecule has 0 bridgehead atoms. The van der Waals surface area contributed by atoms with Crippen LogP contribution in [0.4, 0.5) is 19.2 Å². The molecule has 0 aromatic rings. The molecule has 0 aromatic heterocycles. The highest BCUT2D eigenvalue weighted by molar-refractivity contribution is 6.09. The first kappa shape index (κ1) is 32.8. The standard InChI is InChI=1S/C11H16N8O8.C10H20O2/c20-1-10(4(22)14-8(26)18-10)16-6(24)12-3-13-7(25)17-11(2-21)5(23)15-9(27)19-11;1-2-3-4-5-6-7-8-9-10(11)12/h20-21H,1-3H2,(H2,12,16,24)(H2,13,17,25)(H2,14,18,22,26)(H2,15,19,23,27);2-9H2,1H3,(H,11,12). The van der Waals surface area contributed by atoms with Crippen molar-refractivity contribution >= 4 is 41.9 Å². The lowest BCUT2D eigenvalue weighted by Gasteiger charge is -2.26. The van der Waals surface area contributed by atoms with E-state index in [2.05, 4.69) is 17.6 Å². The van der Waals surface area contributed by atoms with Crippen LogP contribution in [0.2, 0.25) is 0 Å². The lowest BCUT2D eigenvalue weighted by molar-refractivity contribution is -0.137. The number of carboxylic acid groups (broad SMARTS) is 1. The Morgan fingerprint density at radius 2 is 1.13 bits per heavy atom. The smallest absolute Gasteiger partial charge is 0.323 e. The molecule has 0 saturated carbocycles. The van der Waals surface area contributed by atoms with E-state index in [1.54, 1.807) is 0 Å². The van der Waals surface area contributed by atoms with E-state index in [0.717, 1.165) is 12.8 Å². The number of aliphatic hydroxyl groups excluding tert-OH is 2. The van der Waals surface area contributed by atoms with Crippen molar-refractivity contribution in [2.45, 2.75) is 69.6 Å². The number of amides is 10. The van der Waals surface area contributed by atoms with E-state index >= 15 is 0 Å². The molecular weight excluding hydrogens is 524 g/mol. The summed E-state index contributed by atoms with van der Waals surface area (Å²) >= 11 is 0. The first-order chi connectivity index (χ1) is 18.4. The molecule has 2 aliphatic heterocycles. The van der Waals surface area contributed by atoms with Gasteiger partial charge in [0.1, 0.15) is 0 Å². The predicted molar refractivity (Wildman–Crippen MR) is 131 cm³/mol. The molecule has 18 nitrogen and oxygen atoms in total. The number of urea groups is 4. The summed E-state index contributed by atoms with van der Waals surface area (Å²) in [6, 6.07) is -3.91.